The van der Waals surface area contributed by atoms with Gasteiger partial charge in [-0.1, -0.05) is 17.3 Å². The van der Waals surface area contributed by atoms with E-state index >= 15 is 0 Å². The monoisotopic (exact) mass is 311 g/mol. The number of hydrogen-bond acceptors (Lipinski definition) is 5. The second-order valence-electron chi connectivity index (χ2n) is 5.37. The van der Waals surface area contributed by atoms with Gasteiger partial charge in [-0.05, 0) is 26.0 Å². The van der Waals surface area contributed by atoms with Crippen molar-refractivity contribution >= 4 is 16.7 Å². The van der Waals surface area contributed by atoms with Crippen molar-refractivity contribution in [3.8, 4) is 5.69 Å². The number of pyridine rings is 1. The number of benzene rings is 1. The molecule has 2 aromatic heterocycles. The summed E-state index contributed by atoms with van der Waals surface area (Å²) >= 11 is 0. The van der Waals surface area contributed by atoms with Crippen LogP contribution in [0.15, 0.2) is 36.7 Å². The summed E-state index contributed by atoms with van der Waals surface area (Å²) < 4.78 is 1.64. The summed E-state index contributed by atoms with van der Waals surface area (Å²) in [4.78, 5) is 16.2. The van der Waals surface area contributed by atoms with Gasteiger partial charge in [0.05, 0.1) is 17.5 Å². The van der Waals surface area contributed by atoms with Crippen LogP contribution in [0.4, 0.5) is 0 Å². The maximum atomic E-state index is 12.1. The van der Waals surface area contributed by atoms with Gasteiger partial charge >= 0.3 is 0 Å². The Kier molecular flexibility index (Phi) is 4.03. The molecule has 0 fully saturated rings. The molecule has 0 aliphatic rings. The SMILES string of the molecule is Cc1c(C(=O)NCC(C)O)nnn1-c1cccc2cnccc12. The fourth-order valence-electron chi connectivity index (χ4n) is 2.38. The highest BCUT2D eigenvalue weighted by Crippen LogP contribution is 2.22. The number of aliphatic hydroxyl groups excluding tert-OH is 1. The van der Waals surface area contributed by atoms with Crippen molar-refractivity contribution in [1.82, 2.24) is 25.3 Å². The molecule has 1 unspecified atom stereocenters. The maximum absolute atomic E-state index is 12.1. The van der Waals surface area contributed by atoms with Crippen LogP contribution in [0, 0.1) is 6.92 Å². The van der Waals surface area contributed by atoms with Gasteiger partial charge in [-0.3, -0.25) is 9.78 Å². The van der Waals surface area contributed by atoms with Crippen LogP contribution in [0.5, 0.6) is 0 Å². The predicted molar refractivity (Wildman–Crippen MR) is 85.4 cm³/mol. The van der Waals surface area contributed by atoms with Gasteiger partial charge in [-0.15, -0.1) is 5.10 Å². The summed E-state index contributed by atoms with van der Waals surface area (Å²) in [5, 5.41) is 21.9. The van der Waals surface area contributed by atoms with Crippen molar-refractivity contribution in [3.63, 3.8) is 0 Å². The van der Waals surface area contributed by atoms with Gasteiger partial charge in [0.15, 0.2) is 5.69 Å². The second-order valence-corrected chi connectivity index (χ2v) is 5.37. The molecule has 0 spiro atoms. The fraction of sp³-hybridized carbons (Fsp3) is 0.250. The van der Waals surface area contributed by atoms with Crippen molar-refractivity contribution in [2.45, 2.75) is 20.0 Å². The molecule has 0 aliphatic heterocycles. The molecule has 0 bridgehead atoms. The van der Waals surface area contributed by atoms with E-state index < -0.39 is 6.10 Å². The van der Waals surface area contributed by atoms with E-state index in [0.29, 0.717) is 5.69 Å². The molecule has 0 saturated carbocycles. The standard InChI is InChI=1S/C16H17N5O2/c1-10(22)8-18-16(23)15-11(2)21(20-19-15)14-5-3-4-12-9-17-7-6-13(12)14/h3-7,9-10,22H,8H2,1-2H3,(H,18,23). The van der Waals surface area contributed by atoms with Crippen molar-refractivity contribution < 1.29 is 9.90 Å². The second kappa shape index (κ2) is 6.13. The molecule has 0 radical (unpaired) electrons. The fourth-order valence-corrected chi connectivity index (χ4v) is 2.38. The number of carbonyl (C=O) groups is 1. The van der Waals surface area contributed by atoms with E-state index in [4.69, 9.17) is 0 Å². The minimum Gasteiger partial charge on any atom is -0.392 e. The van der Waals surface area contributed by atoms with Crippen molar-refractivity contribution in [1.29, 1.82) is 0 Å². The van der Waals surface area contributed by atoms with E-state index in [1.54, 1.807) is 30.9 Å². The number of nitrogens with zero attached hydrogens (tertiary/aromatic N) is 4. The molecule has 3 aromatic rings. The van der Waals surface area contributed by atoms with E-state index in [2.05, 4.69) is 20.6 Å². The minimum atomic E-state index is -0.611. The number of fused-ring (bicyclic) bond motifs is 1. The van der Waals surface area contributed by atoms with Gasteiger partial charge in [-0.25, -0.2) is 4.68 Å². The summed E-state index contributed by atoms with van der Waals surface area (Å²) in [7, 11) is 0. The van der Waals surface area contributed by atoms with Gasteiger partial charge in [0, 0.05) is 29.7 Å². The van der Waals surface area contributed by atoms with E-state index in [0.717, 1.165) is 16.5 Å². The third kappa shape index (κ3) is 2.91. The predicted octanol–water partition coefficient (Wildman–Crippen LogP) is 1.23. The van der Waals surface area contributed by atoms with Crippen LogP contribution >= 0.6 is 0 Å². The third-order valence-corrected chi connectivity index (χ3v) is 3.55. The molecule has 0 aliphatic carbocycles. The number of rotatable bonds is 4. The molecule has 1 amide bonds. The summed E-state index contributed by atoms with van der Waals surface area (Å²) in [5.74, 6) is -0.350. The van der Waals surface area contributed by atoms with Gasteiger partial charge in [0.1, 0.15) is 0 Å². The Morgan fingerprint density at radius 2 is 2.22 bits per heavy atom. The number of amides is 1. The Labute approximate surface area is 133 Å². The minimum absolute atomic E-state index is 0.172. The molecule has 3 rings (SSSR count). The molecule has 1 aromatic carbocycles. The van der Waals surface area contributed by atoms with Crippen LogP contribution in [-0.2, 0) is 0 Å². The van der Waals surface area contributed by atoms with Crippen LogP contribution in [0.3, 0.4) is 0 Å². The lowest BCUT2D eigenvalue weighted by Crippen LogP contribution is -2.31. The number of aliphatic hydroxyl groups is 1. The highest BCUT2D eigenvalue weighted by atomic mass is 16.3. The third-order valence-electron chi connectivity index (χ3n) is 3.55. The zero-order chi connectivity index (χ0) is 16.4. The Morgan fingerprint density at radius 1 is 1.39 bits per heavy atom. The molecular formula is C16H17N5O2. The van der Waals surface area contributed by atoms with E-state index in [9.17, 15) is 9.90 Å². The van der Waals surface area contributed by atoms with Crippen LogP contribution in [0.2, 0.25) is 0 Å². The molecule has 2 heterocycles. The summed E-state index contributed by atoms with van der Waals surface area (Å²) in [6.07, 6.45) is 2.88. The number of nitrogens with one attached hydrogen (secondary N) is 1. The number of hydrogen-bond donors (Lipinski definition) is 2. The molecule has 0 saturated heterocycles. The molecule has 118 valence electrons. The Morgan fingerprint density at radius 3 is 3.00 bits per heavy atom. The molecule has 2 N–H and O–H groups in total. The van der Waals surface area contributed by atoms with Crippen LogP contribution < -0.4 is 5.32 Å². The first-order valence-corrected chi connectivity index (χ1v) is 7.29. The smallest absolute Gasteiger partial charge is 0.273 e. The first-order valence-electron chi connectivity index (χ1n) is 7.29. The molecule has 7 nitrogen and oxygen atoms in total. The van der Waals surface area contributed by atoms with E-state index in [1.165, 1.54) is 0 Å². The average molecular weight is 311 g/mol. The maximum Gasteiger partial charge on any atom is 0.273 e. The quantitative estimate of drug-likeness (QED) is 0.756. The summed E-state index contributed by atoms with van der Waals surface area (Å²) in [6, 6.07) is 7.70. The Balaban J connectivity index is 2.00. The first-order chi connectivity index (χ1) is 11.1. The molecule has 7 heteroatoms. The Bertz CT molecular complexity index is 851. The highest BCUT2D eigenvalue weighted by molar-refractivity contribution is 5.94. The topological polar surface area (TPSA) is 92.9 Å². The van der Waals surface area contributed by atoms with Crippen molar-refractivity contribution in [3.05, 3.63) is 48.0 Å². The highest BCUT2D eigenvalue weighted by Gasteiger charge is 2.18. The summed E-state index contributed by atoms with van der Waals surface area (Å²) in [6.45, 7) is 3.57. The van der Waals surface area contributed by atoms with Crippen LogP contribution in [0.1, 0.15) is 23.1 Å². The zero-order valence-electron chi connectivity index (χ0n) is 12.9. The normalized spacial score (nSPS) is 12.3. The molecule has 1 atom stereocenters. The van der Waals surface area contributed by atoms with Gasteiger partial charge in [-0.2, -0.15) is 0 Å². The lowest BCUT2D eigenvalue weighted by molar-refractivity contribution is 0.0918. The van der Waals surface area contributed by atoms with Gasteiger partial charge in [0.25, 0.3) is 5.91 Å². The van der Waals surface area contributed by atoms with E-state index in [1.807, 2.05) is 24.3 Å². The van der Waals surface area contributed by atoms with Crippen LogP contribution in [0.25, 0.3) is 16.5 Å². The molecular weight excluding hydrogens is 294 g/mol. The lowest BCUT2D eigenvalue weighted by Gasteiger charge is -2.08. The zero-order valence-corrected chi connectivity index (χ0v) is 12.9. The average Bonchev–Trinajstić information content (AvgIpc) is 2.93. The summed E-state index contributed by atoms with van der Waals surface area (Å²) in [5.41, 5.74) is 1.72. The van der Waals surface area contributed by atoms with Crippen molar-refractivity contribution in [2.75, 3.05) is 6.54 Å². The van der Waals surface area contributed by atoms with E-state index in [-0.39, 0.29) is 18.1 Å². The van der Waals surface area contributed by atoms with Gasteiger partial charge in [0.2, 0.25) is 0 Å². The van der Waals surface area contributed by atoms with Gasteiger partial charge < -0.3 is 10.4 Å². The first kappa shape index (κ1) is 15.1. The number of aromatic nitrogens is 4. The van der Waals surface area contributed by atoms with Crippen LogP contribution in [-0.4, -0.2) is 43.6 Å². The largest absolute Gasteiger partial charge is 0.392 e. The Hall–Kier alpha value is -2.80. The number of carbonyl (C=O) groups excluding carboxylic acids is 1. The molecule has 23 heavy (non-hydrogen) atoms. The lowest BCUT2D eigenvalue weighted by atomic mass is 10.1. The van der Waals surface area contributed by atoms with Crippen molar-refractivity contribution in [2.24, 2.45) is 0 Å².